The summed E-state index contributed by atoms with van der Waals surface area (Å²) < 4.78 is 0. The monoisotopic (exact) mass is 133 g/mol. The van der Waals surface area contributed by atoms with Gasteiger partial charge in [-0.2, -0.15) is 22.9 Å². The number of thiol groups is 1. The fourth-order valence-corrected chi connectivity index (χ4v) is 0.261. The van der Waals surface area contributed by atoms with Gasteiger partial charge in [-0.05, 0) is 13.8 Å². The van der Waals surface area contributed by atoms with Crippen LogP contribution in [0.1, 0.15) is 13.8 Å². The fourth-order valence-electron chi connectivity index (χ4n) is 0.202. The summed E-state index contributed by atoms with van der Waals surface area (Å²) in [5, 5.41) is 7.30. The van der Waals surface area contributed by atoms with E-state index in [0.717, 1.165) is 0 Å². The highest BCUT2D eigenvalue weighted by molar-refractivity contribution is 7.80. The van der Waals surface area contributed by atoms with Crippen molar-refractivity contribution in [2.75, 3.05) is 0 Å². The Hall–Kier alpha value is -0.0900. The van der Waals surface area contributed by atoms with Gasteiger partial charge in [-0.15, -0.1) is 0 Å². The summed E-state index contributed by atoms with van der Waals surface area (Å²) in [6.07, 6.45) is -0.204. The van der Waals surface area contributed by atoms with E-state index >= 15 is 0 Å². The van der Waals surface area contributed by atoms with Crippen LogP contribution in [0.2, 0.25) is 0 Å². The molecule has 3 nitrogen and oxygen atoms in total. The predicted octanol–water partition coefficient (Wildman–Crippen LogP) is 1.02. The first-order valence-corrected chi connectivity index (χ1v) is 2.98. The van der Waals surface area contributed by atoms with Gasteiger partial charge in [0.25, 0.3) is 0 Å². The molecule has 2 N–H and O–H groups in total. The largest absolute Gasteiger partial charge is 0.308 e. The Bertz CT molecular complexity index is 69.4. The Morgan fingerprint density at radius 3 is 2.00 bits per heavy atom. The molecule has 2 atom stereocenters. The van der Waals surface area contributed by atoms with Gasteiger partial charge in [0.1, 0.15) is 11.5 Å². The maximum Gasteiger partial charge on any atom is 0.115 e. The van der Waals surface area contributed by atoms with Crippen LogP contribution in [-0.2, 0) is 0 Å². The summed E-state index contributed by atoms with van der Waals surface area (Å²) in [5.41, 5.74) is 5.25. The van der Waals surface area contributed by atoms with Gasteiger partial charge in [0, 0.05) is 0 Å². The third-order valence-corrected chi connectivity index (χ3v) is 0.519. The van der Waals surface area contributed by atoms with E-state index in [1.54, 1.807) is 6.92 Å². The van der Waals surface area contributed by atoms with E-state index in [9.17, 15) is 0 Å². The first kappa shape index (κ1) is 7.91. The molecule has 48 valence electrons. The average molecular weight is 133 g/mol. The number of azo groups is 1. The SMILES string of the molecule is CC(N)/N=N/C(C)S. The zero-order chi connectivity index (χ0) is 6.57. The normalized spacial score (nSPS) is 19.0. The van der Waals surface area contributed by atoms with Crippen LogP contribution < -0.4 is 5.73 Å². The van der Waals surface area contributed by atoms with Crippen LogP contribution in [0.25, 0.3) is 0 Å². The molecule has 0 aromatic rings. The van der Waals surface area contributed by atoms with Crippen molar-refractivity contribution in [2.24, 2.45) is 16.0 Å². The van der Waals surface area contributed by atoms with Crippen molar-refractivity contribution in [2.45, 2.75) is 25.4 Å². The topological polar surface area (TPSA) is 50.7 Å². The van der Waals surface area contributed by atoms with Gasteiger partial charge in [-0.25, -0.2) is 0 Å². The molecule has 0 bridgehead atoms. The minimum atomic E-state index is -0.204. The Balaban J connectivity index is 3.34. The highest BCUT2D eigenvalue weighted by Crippen LogP contribution is 1.94. The van der Waals surface area contributed by atoms with E-state index in [4.69, 9.17) is 5.73 Å². The molecule has 0 amide bonds. The van der Waals surface area contributed by atoms with Crippen LogP contribution in [0, 0.1) is 0 Å². The van der Waals surface area contributed by atoms with Crippen LogP contribution in [0.15, 0.2) is 10.2 Å². The molecule has 0 heterocycles. The Kier molecular flexibility index (Phi) is 3.81. The van der Waals surface area contributed by atoms with Crippen LogP contribution in [0.4, 0.5) is 0 Å². The number of nitrogens with zero attached hydrogens (tertiary/aromatic N) is 2. The third-order valence-electron chi connectivity index (χ3n) is 0.416. The summed E-state index contributed by atoms with van der Waals surface area (Å²) in [6, 6.07) is 0. The highest BCUT2D eigenvalue weighted by Gasteiger charge is 1.87. The van der Waals surface area contributed by atoms with Crippen molar-refractivity contribution in [3.05, 3.63) is 0 Å². The molecule has 0 radical (unpaired) electrons. The van der Waals surface area contributed by atoms with Gasteiger partial charge in [0.15, 0.2) is 0 Å². The Morgan fingerprint density at radius 1 is 1.38 bits per heavy atom. The van der Waals surface area contributed by atoms with Crippen molar-refractivity contribution in [3.8, 4) is 0 Å². The molecular weight excluding hydrogens is 122 g/mol. The van der Waals surface area contributed by atoms with Gasteiger partial charge in [-0.1, -0.05) is 0 Å². The first-order valence-electron chi connectivity index (χ1n) is 2.46. The van der Waals surface area contributed by atoms with Crippen molar-refractivity contribution >= 4 is 12.6 Å². The van der Waals surface area contributed by atoms with Crippen molar-refractivity contribution in [3.63, 3.8) is 0 Å². The maximum absolute atomic E-state index is 5.25. The molecule has 2 unspecified atom stereocenters. The van der Waals surface area contributed by atoms with Crippen LogP contribution in [0.3, 0.4) is 0 Å². The lowest BCUT2D eigenvalue weighted by Crippen LogP contribution is -2.10. The van der Waals surface area contributed by atoms with E-state index in [1.165, 1.54) is 0 Å². The van der Waals surface area contributed by atoms with Crippen LogP contribution >= 0.6 is 12.6 Å². The summed E-state index contributed by atoms with van der Waals surface area (Å²) in [6.45, 7) is 3.59. The lowest BCUT2D eigenvalue weighted by molar-refractivity contribution is 0.706. The molecule has 0 aliphatic carbocycles. The highest BCUT2D eigenvalue weighted by atomic mass is 32.1. The summed E-state index contributed by atoms with van der Waals surface area (Å²) in [5.74, 6) is 0. The lowest BCUT2D eigenvalue weighted by Gasteiger charge is -1.94. The molecule has 0 saturated carbocycles. The Labute approximate surface area is 54.8 Å². The summed E-state index contributed by atoms with van der Waals surface area (Å²) >= 11 is 3.96. The molecule has 0 saturated heterocycles. The van der Waals surface area contributed by atoms with E-state index in [-0.39, 0.29) is 11.5 Å². The molecule has 8 heavy (non-hydrogen) atoms. The summed E-state index contributed by atoms with van der Waals surface area (Å²) in [4.78, 5) is 0. The minimum absolute atomic E-state index is 0.0407. The zero-order valence-electron chi connectivity index (χ0n) is 5.07. The minimum Gasteiger partial charge on any atom is -0.308 e. The van der Waals surface area contributed by atoms with E-state index < -0.39 is 0 Å². The third kappa shape index (κ3) is 5.91. The first-order chi connectivity index (χ1) is 3.63. The average Bonchev–Trinajstić information content (AvgIpc) is 1.61. The molecule has 0 rings (SSSR count). The molecule has 0 spiro atoms. The van der Waals surface area contributed by atoms with Crippen molar-refractivity contribution < 1.29 is 0 Å². The lowest BCUT2D eigenvalue weighted by atomic mass is 10.7. The van der Waals surface area contributed by atoms with E-state index in [0.29, 0.717) is 0 Å². The molecule has 0 aromatic heterocycles. The second kappa shape index (κ2) is 3.86. The molecule has 0 fully saturated rings. The van der Waals surface area contributed by atoms with Crippen LogP contribution in [-0.4, -0.2) is 11.5 Å². The van der Waals surface area contributed by atoms with Crippen molar-refractivity contribution in [1.82, 2.24) is 0 Å². The van der Waals surface area contributed by atoms with Gasteiger partial charge < -0.3 is 5.73 Å². The van der Waals surface area contributed by atoms with Gasteiger partial charge in [0.2, 0.25) is 0 Å². The zero-order valence-corrected chi connectivity index (χ0v) is 5.97. The number of nitrogens with two attached hydrogens (primary N) is 1. The maximum atomic E-state index is 5.25. The van der Waals surface area contributed by atoms with Gasteiger partial charge in [0.05, 0.1) is 0 Å². The number of hydrogen-bond acceptors (Lipinski definition) is 4. The summed E-state index contributed by atoms with van der Waals surface area (Å²) in [7, 11) is 0. The molecule has 0 aromatic carbocycles. The predicted molar refractivity (Wildman–Crippen MR) is 37.0 cm³/mol. The smallest absolute Gasteiger partial charge is 0.115 e. The van der Waals surface area contributed by atoms with E-state index in [2.05, 4.69) is 22.9 Å². The quantitative estimate of drug-likeness (QED) is 0.429. The fraction of sp³-hybridized carbons (Fsp3) is 1.00. The van der Waals surface area contributed by atoms with Crippen molar-refractivity contribution in [1.29, 1.82) is 0 Å². The second-order valence-corrected chi connectivity index (χ2v) is 2.35. The molecule has 0 aliphatic heterocycles. The van der Waals surface area contributed by atoms with Gasteiger partial charge in [-0.3, -0.25) is 0 Å². The molecule has 4 heteroatoms. The number of rotatable bonds is 2. The van der Waals surface area contributed by atoms with Crippen LogP contribution in [0.5, 0.6) is 0 Å². The second-order valence-electron chi connectivity index (χ2n) is 1.60. The van der Waals surface area contributed by atoms with Gasteiger partial charge >= 0.3 is 0 Å². The number of hydrogen-bond donors (Lipinski definition) is 2. The standard InChI is InChI=1S/C4H11N3S/c1-3(5)6-7-4(2)8/h3-4,8H,5H2,1-2H3/b7-6+. The van der Waals surface area contributed by atoms with E-state index in [1.807, 2.05) is 6.92 Å². The molecule has 0 aliphatic rings. The Morgan fingerprint density at radius 2 is 1.88 bits per heavy atom. The molecular formula is C4H11N3S.